The molecule has 120 valence electrons. The zero-order chi connectivity index (χ0) is 16.3. The fourth-order valence-electron chi connectivity index (χ4n) is 3.05. The van der Waals surface area contributed by atoms with Gasteiger partial charge < -0.3 is 5.11 Å². The van der Waals surface area contributed by atoms with E-state index in [4.69, 9.17) is 5.11 Å². The molecule has 0 aromatic heterocycles. The molecule has 0 bridgehead atoms. The number of rotatable bonds is 10. The second-order valence-corrected chi connectivity index (χ2v) is 6.07. The van der Waals surface area contributed by atoms with E-state index < -0.39 is 5.97 Å². The maximum atomic E-state index is 10.5. The zero-order valence-corrected chi connectivity index (χ0v) is 13.7. The van der Waals surface area contributed by atoms with Crippen LogP contribution in [0.2, 0.25) is 6.32 Å². The van der Waals surface area contributed by atoms with Gasteiger partial charge in [0.05, 0.1) is 0 Å². The van der Waals surface area contributed by atoms with Gasteiger partial charge in [0, 0.05) is 6.42 Å². The Morgan fingerprint density at radius 2 is 1.22 bits per heavy atom. The van der Waals surface area contributed by atoms with Crippen LogP contribution in [0.15, 0.2) is 60.7 Å². The molecule has 23 heavy (non-hydrogen) atoms. The molecule has 2 aromatic rings. The molecule has 0 aliphatic heterocycles. The summed E-state index contributed by atoms with van der Waals surface area (Å²) in [6, 6.07) is 21.4. The van der Waals surface area contributed by atoms with Crippen molar-refractivity contribution < 1.29 is 9.90 Å². The average Bonchev–Trinajstić information content (AvgIpc) is 2.59. The van der Waals surface area contributed by atoms with Crippen LogP contribution in [0.4, 0.5) is 0 Å². The maximum Gasteiger partial charge on any atom is 0.303 e. The minimum Gasteiger partial charge on any atom is -0.481 e. The molecule has 0 amide bonds. The number of carboxylic acids is 1. The van der Waals surface area contributed by atoms with Gasteiger partial charge >= 0.3 is 5.97 Å². The molecule has 0 aliphatic rings. The minimum atomic E-state index is -0.682. The number of benzene rings is 2. The van der Waals surface area contributed by atoms with E-state index in [-0.39, 0.29) is 0 Å². The lowest BCUT2D eigenvalue weighted by Gasteiger charge is -2.14. The number of carboxylic acid groups (broad SMARTS) is 1. The predicted molar refractivity (Wildman–Crippen MR) is 98.1 cm³/mol. The largest absolute Gasteiger partial charge is 0.481 e. The molecule has 0 spiro atoms. The van der Waals surface area contributed by atoms with Crippen molar-refractivity contribution in [2.24, 2.45) is 0 Å². The van der Waals surface area contributed by atoms with E-state index in [1.807, 2.05) is 0 Å². The van der Waals surface area contributed by atoms with E-state index >= 15 is 0 Å². The van der Waals surface area contributed by atoms with Gasteiger partial charge in [0.1, 0.15) is 0 Å². The summed E-state index contributed by atoms with van der Waals surface area (Å²) in [6.07, 6.45) is 6.76. The average molecular weight is 308 g/mol. The Bertz CT molecular complexity index is 529. The van der Waals surface area contributed by atoms with Crippen molar-refractivity contribution in [2.75, 3.05) is 0 Å². The molecule has 0 heterocycles. The fraction of sp³-hybridized carbons (Fsp3) is 0.350. The molecule has 0 aliphatic carbocycles. The summed E-state index contributed by atoms with van der Waals surface area (Å²) in [5, 5.41) is 8.64. The standard InChI is InChI=1S/C20H25BO2/c22-20(23)16-10-2-1-3-11-17-21(18-12-6-4-7-13-18)19-14-8-5-9-15-19/h4-9,12-15H,1-3,10-11,16-17H2,(H,22,23). The van der Waals surface area contributed by atoms with E-state index in [1.54, 1.807) is 0 Å². The summed E-state index contributed by atoms with van der Waals surface area (Å²) >= 11 is 0. The number of carbonyl (C=O) groups is 1. The molecule has 0 unspecified atom stereocenters. The Kier molecular flexibility index (Phi) is 7.45. The normalized spacial score (nSPS) is 10.4. The van der Waals surface area contributed by atoms with Crippen LogP contribution in [0.25, 0.3) is 0 Å². The lowest BCUT2D eigenvalue weighted by molar-refractivity contribution is -0.137. The van der Waals surface area contributed by atoms with E-state index in [0.717, 1.165) is 25.6 Å². The molecule has 3 heteroatoms. The maximum absolute atomic E-state index is 10.5. The van der Waals surface area contributed by atoms with Gasteiger partial charge in [-0.2, -0.15) is 0 Å². The van der Waals surface area contributed by atoms with Gasteiger partial charge in [-0.1, -0.05) is 104 Å². The van der Waals surface area contributed by atoms with Crippen LogP contribution in [0, 0.1) is 0 Å². The number of aliphatic carboxylic acids is 1. The van der Waals surface area contributed by atoms with Gasteiger partial charge in [-0.3, -0.25) is 4.79 Å². The first kappa shape index (κ1) is 17.3. The van der Waals surface area contributed by atoms with E-state index in [1.165, 1.54) is 23.8 Å². The van der Waals surface area contributed by atoms with Crippen LogP contribution < -0.4 is 10.9 Å². The lowest BCUT2D eigenvalue weighted by atomic mass is 9.38. The molecule has 2 nitrogen and oxygen atoms in total. The second-order valence-electron chi connectivity index (χ2n) is 6.07. The Labute approximate surface area is 139 Å². The summed E-state index contributed by atoms with van der Waals surface area (Å²) < 4.78 is 0. The van der Waals surface area contributed by atoms with Crippen LogP contribution in [0.5, 0.6) is 0 Å². The summed E-state index contributed by atoms with van der Waals surface area (Å²) in [5.74, 6) is -0.682. The van der Waals surface area contributed by atoms with E-state index in [9.17, 15) is 4.79 Å². The highest BCUT2D eigenvalue weighted by Crippen LogP contribution is 2.10. The monoisotopic (exact) mass is 308 g/mol. The smallest absolute Gasteiger partial charge is 0.303 e. The molecule has 0 radical (unpaired) electrons. The Morgan fingerprint density at radius 3 is 1.74 bits per heavy atom. The third-order valence-electron chi connectivity index (χ3n) is 4.29. The molecular weight excluding hydrogens is 283 g/mol. The fourth-order valence-corrected chi connectivity index (χ4v) is 3.05. The third-order valence-corrected chi connectivity index (χ3v) is 4.29. The third kappa shape index (κ3) is 6.31. The number of hydrogen-bond acceptors (Lipinski definition) is 1. The first-order valence-electron chi connectivity index (χ1n) is 8.59. The van der Waals surface area contributed by atoms with Gasteiger partial charge in [0.15, 0.2) is 0 Å². The number of hydrogen-bond donors (Lipinski definition) is 1. The Balaban J connectivity index is 1.83. The van der Waals surface area contributed by atoms with Crippen molar-refractivity contribution in [1.82, 2.24) is 0 Å². The van der Waals surface area contributed by atoms with Crippen LogP contribution >= 0.6 is 0 Å². The van der Waals surface area contributed by atoms with Gasteiger partial charge in [-0.25, -0.2) is 0 Å². The van der Waals surface area contributed by atoms with Crippen LogP contribution in [-0.4, -0.2) is 17.8 Å². The molecular formula is C20H25BO2. The highest BCUT2D eigenvalue weighted by molar-refractivity contribution is 6.85. The first-order valence-corrected chi connectivity index (χ1v) is 8.59. The van der Waals surface area contributed by atoms with Crippen LogP contribution in [0.1, 0.15) is 38.5 Å². The highest BCUT2D eigenvalue weighted by Gasteiger charge is 2.17. The van der Waals surface area contributed by atoms with E-state index in [2.05, 4.69) is 60.7 Å². The molecule has 0 saturated heterocycles. The Hall–Kier alpha value is -2.03. The van der Waals surface area contributed by atoms with Gasteiger partial charge in [0.2, 0.25) is 6.71 Å². The van der Waals surface area contributed by atoms with Crippen molar-refractivity contribution in [3.8, 4) is 0 Å². The first-order chi connectivity index (χ1) is 11.3. The zero-order valence-electron chi connectivity index (χ0n) is 13.7. The summed E-state index contributed by atoms with van der Waals surface area (Å²) in [5.41, 5.74) is 2.76. The van der Waals surface area contributed by atoms with Crippen molar-refractivity contribution in [3.05, 3.63) is 60.7 Å². The molecule has 2 aromatic carbocycles. The van der Waals surface area contributed by atoms with Gasteiger partial charge in [0.25, 0.3) is 0 Å². The van der Waals surface area contributed by atoms with Crippen molar-refractivity contribution in [1.29, 1.82) is 0 Å². The molecule has 2 rings (SSSR count). The molecule has 1 N–H and O–H groups in total. The minimum absolute atomic E-state index is 0.302. The van der Waals surface area contributed by atoms with Gasteiger partial charge in [-0.15, -0.1) is 0 Å². The molecule has 0 fully saturated rings. The van der Waals surface area contributed by atoms with Crippen molar-refractivity contribution in [3.63, 3.8) is 0 Å². The summed E-state index contributed by atoms with van der Waals surface area (Å²) in [7, 11) is 0. The summed E-state index contributed by atoms with van der Waals surface area (Å²) in [4.78, 5) is 10.5. The van der Waals surface area contributed by atoms with Crippen molar-refractivity contribution in [2.45, 2.75) is 44.8 Å². The van der Waals surface area contributed by atoms with Gasteiger partial charge in [-0.05, 0) is 6.42 Å². The SMILES string of the molecule is O=C(O)CCCCCCCB(c1ccccc1)c1ccccc1. The second kappa shape index (κ2) is 9.88. The summed E-state index contributed by atoms with van der Waals surface area (Å²) in [6.45, 7) is 0.455. The van der Waals surface area contributed by atoms with E-state index in [0.29, 0.717) is 13.1 Å². The molecule has 0 saturated carbocycles. The van der Waals surface area contributed by atoms with Crippen LogP contribution in [-0.2, 0) is 4.79 Å². The van der Waals surface area contributed by atoms with Crippen LogP contribution in [0.3, 0.4) is 0 Å². The highest BCUT2D eigenvalue weighted by atomic mass is 16.4. The molecule has 0 atom stereocenters. The lowest BCUT2D eigenvalue weighted by Crippen LogP contribution is -2.41. The number of unbranched alkanes of at least 4 members (excludes halogenated alkanes) is 4. The quantitative estimate of drug-likeness (QED) is 0.536. The Morgan fingerprint density at radius 1 is 0.739 bits per heavy atom. The topological polar surface area (TPSA) is 37.3 Å². The predicted octanol–water partition coefficient (Wildman–Crippen LogP) is 3.72. The van der Waals surface area contributed by atoms with Crippen molar-refractivity contribution >= 4 is 23.6 Å².